The summed E-state index contributed by atoms with van der Waals surface area (Å²) >= 11 is 5.72. The molecule has 0 spiro atoms. The second-order valence-electron chi connectivity index (χ2n) is 6.18. The van der Waals surface area contributed by atoms with Crippen LogP contribution >= 0.6 is 11.6 Å². The number of anilines is 1. The number of halogens is 2. The van der Waals surface area contributed by atoms with Crippen LogP contribution in [0.3, 0.4) is 0 Å². The molecule has 0 saturated carbocycles. The summed E-state index contributed by atoms with van der Waals surface area (Å²) in [7, 11) is 0. The Morgan fingerprint density at radius 3 is 2.64 bits per heavy atom. The number of amides is 2. The highest BCUT2D eigenvalue weighted by Crippen LogP contribution is 2.20. The van der Waals surface area contributed by atoms with E-state index in [9.17, 15) is 14.0 Å². The average molecular weight is 398 g/mol. The summed E-state index contributed by atoms with van der Waals surface area (Å²) in [6.45, 7) is 2.33. The molecule has 3 aromatic rings. The molecule has 0 bridgehead atoms. The predicted octanol–water partition coefficient (Wildman–Crippen LogP) is 4.36. The first kappa shape index (κ1) is 19.5. The van der Waals surface area contributed by atoms with Gasteiger partial charge in [0.15, 0.2) is 0 Å². The molecular weight excluding hydrogens is 381 g/mol. The Morgan fingerprint density at radius 1 is 1.07 bits per heavy atom. The van der Waals surface area contributed by atoms with E-state index < -0.39 is 11.7 Å². The van der Waals surface area contributed by atoms with Crippen LogP contribution in [0.2, 0.25) is 5.02 Å². The maximum atomic E-state index is 13.2. The van der Waals surface area contributed by atoms with E-state index in [2.05, 4.69) is 15.6 Å². The monoisotopic (exact) mass is 397 g/mol. The van der Waals surface area contributed by atoms with Crippen LogP contribution in [0.4, 0.5) is 10.1 Å². The van der Waals surface area contributed by atoms with Gasteiger partial charge in [0.1, 0.15) is 11.5 Å². The Labute approximate surface area is 166 Å². The highest BCUT2D eigenvalue weighted by molar-refractivity contribution is 6.31. The van der Waals surface area contributed by atoms with E-state index in [1.807, 2.05) is 31.2 Å². The number of carbonyl (C=O) groups is 2. The van der Waals surface area contributed by atoms with Crippen molar-refractivity contribution in [2.24, 2.45) is 0 Å². The van der Waals surface area contributed by atoms with Crippen LogP contribution in [0, 0.1) is 12.7 Å². The molecule has 0 aliphatic rings. The molecule has 1 aromatic heterocycles. The molecule has 0 aliphatic heterocycles. The van der Waals surface area contributed by atoms with E-state index in [0.717, 1.165) is 17.2 Å². The van der Waals surface area contributed by atoms with Gasteiger partial charge in [-0.1, -0.05) is 41.4 Å². The molecule has 0 saturated heterocycles. The third-order valence-electron chi connectivity index (χ3n) is 3.97. The molecule has 0 fully saturated rings. The van der Waals surface area contributed by atoms with E-state index in [4.69, 9.17) is 11.6 Å². The summed E-state index contributed by atoms with van der Waals surface area (Å²) in [6, 6.07) is 14.5. The number of hydrogen-bond acceptors (Lipinski definition) is 3. The molecule has 142 valence electrons. The maximum Gasteiger partial charge on any atom is 0.270 e. The SMILES string of the molecule is Cc1cccc(CNC(=O)c2cc(C(=O)Nc3ccc(F)c(Cl)c3)ccn2)c1. The molecule has 0 unspecified atom stereocenters. The molecule has 3 rings (SSSR count). The number of benzene rings is 2. The average Bonchev–Trinajstić information content (AvgIpc) is 2.69. The third kappa shape index (κ3) is 4.92. The second-order valence-corrected chi connectivity index (χ2v) is 6.59. The van der Waals surface area contributed by atoms with Crippen molar-refractivity contribution in [1.82, 2.24) is 10.3 Å². The molecule has 0 radical (unpaired) electrons. The quantitative estimate of drug-likeness (QED) is 0.671. The van der Waals surface area contributed by atoms with Gasteiger partial charge in [0, 0.05) is 24.0 Å². The Kier molecular flexibility index (Phi) is 6.01. The van der Waals surface area contributed by atoms with Gasteiger partial charge in [0.2, 0.25) is 0 Å². The summed E-state index contributed by atoms with van der Waals surface area (Å²) in [6.07, 6.45) is 1.38. The summed E-state index contributed by atoms with van der Waals surface area (Å²) in [5.74, 6) is -1.42. The fourth-order valence-electron chi connectivity index (χ4n) is 2.57. The normalized spacial score (nSPS) is 10.4. The number of rotatable bonds is 5. The van der Waals surface area contributed by atoms with Gasteiger partial charge in [-0.05, 0) is 42.8 Å². The molecule has 0 atom stereocenters. The first-order valence-electron chi connectivity index (χ1n) is 8.48. The Hall–Kier alpha value is -3.25. The van der Waals surface area contributed by atoms with Gasteiger partial charge >= 0.3 is 0 Å². The summed E-state index contributed by atoms with van der Waals surface area (Å²) in [5, 5.41) is 5.29. The lowest BCUT2D eigenvalue weighted by Gasteiger charge is -2.08. The highest BCUT2D eigenvalue weighted by atomic mass is 35.5. The minimum atomic E-state index is -0.573. The molecule has 2 N–H and O–H groups in total. The Balaban J connectivity index is 1.67. The lowest BCUT2D eigenvalue weighted by molar-refractivity contribution is 0.0946. The third-order valence-corrected chi connectivity index (χ3v) is 4.26. The number of aromatic nitrogens is 1. The number of nitrogens with zero attached hydrogens (tertiary/aromatic N) is 1. The van der Waals surface area contributed by atoms with Gasteiger partial charge < -0.3 is 10.6 Å². The van der Waals surface area contributed by atoms with Crippen LogP contribution in [0.1, 0.15) is 32.0 Å². The minimum absolute atomic E-state index is 0.0938. The fourth-order valence-corrected chi connectivity index (χ4v) is 2.75. The van der Waals surface area contributed by atoms with E-state index >= 15 is 0 Å². The van der Waals surface area contributed by atoms with Crippen molar-refractivity contribution in [3.8, 4) is 0 Å². The van der Waals surface area contributed by atoms with Crippen LogP contribution < -0.4 is 10.6 Å². The predicted molar refractivity (Wildman–Crippen MR) is 106 cm³/mol. The zero-order valence-electron chi connectivity index (χ0n) is 15.0. The van der Waals surface area contributed by atoms with Gasteiger partial charge in [-0.3, -0.25) is 14.6 Å². The summed E-state index contributed by atoms with van der Waals surface area (Å²) in [4.78, 5) is 28.8. The zero-order valence-corrected chi connectivity index (χ0v) is 15.8. The lowest BCUT2D eigenvalue weighted by Crippen LogP contribution is -2.24. The standard InChI is InChI=1S/C21H17ClFN3O2/c1-13-3-2-4-14(9-13)12-25-21(28)19-10-15(7-8-24-19)20(27)26-16-5-6-18(23)17(22)11-16/h2-11H,12H2,1H3,(H,25,28)(H,26,27). The molecule has 28 heavy (non-hydrogen) atoms. The number of carbonyl (C=O) groups excluding carboxylic acids is 2. The van der Waals surface area contributed by atoms with Crippen LogP contribution in [0.15, 0.2) is 60.8 Å². The van der Waals surface area contributed by atoms with E-state index in [1.54, 1.807) is 0 Å². The molecule has 2 aromatic carbocycles. The van der Waals surface area contributed by atoms with E-state index in [0.29, 0.717) is 12.2 Å². The smallest absolute Gasteiger partial charge is 0.270 e. The number of hydrogen-bond donors (Lipinski definition) is 2. The van der Waals surface area contributed by atoms with Crippen molar-refractivity contribution in [1.29, 1.82) is 0 Å². The minimum Gasteiger partial charge on any atom is -0.347 e. The largest absolute Gasteiger partial charge is 0.347 e. The Morgan fingerprint density at radius 2 is 1.89 bits per heavy atom. The topological polar surface area (TPSA) is 71.1 Å². The summed E-state index contributed by atoms with van der Waals surface area (Å²) in [5.41, 5.74) is 2.78. The van der Waals surface area contributed by atoms with Crippen molar-refractivity contribution in [2.75, 3.05) is 5.32 Å². The van der Waals surface area contributed by atoms with E-state index in [1.165, 1.54) is 30.5 Å². The lowest BCUT2D eigenvalue weighted by atomic mass is 10.1. The molecular formula is C21H17ClFN3O2. The van der Waals surface area contributed by atoms with Gasteiger partial charge in [-0.2, -0.15) is 0 Å². The molecule has 1 heterocycles. The van der Waals surface area contributed by atoms with E-state index in [-0.39, 0.29) is 22.2 Å². The molecule has 5 nitrogen and oxygen atoms in total. The van der Waals surface area contributed by atoms with Crippen LogP contribution in [-0.4, -0.2) is 16.8 Å². The molecule has 2 amide bonds. The van der Waals surface area contributed by atoms with Crippen molar-refractivity contribution < 1.29 is 14.0 Å². The number of nitrogens with one attached hydrogen (secondary N) is 2. The first-order chi connectivity index (χ1) is 13.4. The van der Waals surface area contributed by atoms with Gasteiger partial charge in [-0.25, -0.2) is 4.39 Å². The maximum absolute atomic E-state index is 13.2. The van der Waals surface area contributed by atoms with Crippen molar-refractivity contribution in [3.63, 3.8) is 0 Å². The fraction of sp³-hybridized carbons (Fsp3) is 0.0952. The zero-order chi connectivity index (χ0) is 20.1. The van der Waals surface area contributed by atoms with Gasteiger partial charge in [0.05, 0.1) is 5.02 Å². The van der Waals surface area contributed by atoms with Crippen molar-refractivity contribution in [3.05, 3.63) is 94.0 Å². The van der Waals surface area contributed by atoms with Crippen molar-refractivity contribution >= 4 is 29.1 Å². The van der Waals surface area contributed by atoms with Gasteiger partial charge in [0.25, 0.3) is 11.8 Å². The van der Waals surface area contributed by atoms with Crippen molar-refractivity contribution in [2.45, 2.75) is 13.5 Å². The molecule has 0 aliphatic carbocycles. The number of aryl methyl sites for hydroxylation is 1. The Bertz CT molecular complexity index is 1040. The summed E-state index contributed by atoms with van der Waals surface area (Å²) < 4.78 is 13.2. The van der Waals surface area contributed by atoms with Crippen LogP contribution in [-0.2, 0) is 6.54 Å². The van der Waals surface area contributed by atoms with Crippen LogP contribution in [0.25, 0.3) is 0 Å². The highest BCUT2D eigenvalue weighted by Gasteiger charge is 2.13. The van der Waals surface area contributed by atoms with Gasteiger partial charge in [-0.15, -0.1) is 0 Å². The number of pyridine rings is 1. The molecule has 7 heteroatoms. The first-order valence-corrected chi connectivity index (χ1v) is 8.86. The van der Waals surface area contributed by atoms with Crippen LogP contribution in [0.5, 0.6) is 0 Å². The second kappa shape index (κ2) is 8.63.